The summed E-state index contributed by atoms with van der Waals surface area (Å²) in [5, 5.41) is 12.7. The highest BCUT2D eigenvalue weighted by Gasteiger charge is 2.80. The summed E-state index contributed by atoms with van der Waals surface area (Å²) >= 11 is 3.68. The van der Waals surface area contributed by atoms with Crippen molar-refractivity contribution in [1.29, 1.82) is 0 Å². The Balaban J connectivity index is 1.87. The molecule has 0 bridgehead atoms. The van der Waals surface area contributed by atoms with Crippen LogP contribution in [0.15, 0.2) is 28.8 Å². The first-order valence-electron chi connectivity index (χ1n) is 12.6. The zero-order valence-corrected chi connectivity index (χ0v) is 23.1. The van der Waals surface area contributed by atoms with Gasteiger partial charge in [-0.1, -0.05) is 31.9 Å². The van der Waals surface area contributed by atoms with Gasteiger partial charge in [0, 0.05) is 49.1 Å². The molecule has 1 N–H and O–H groups in total. The predicted octanol–water partition coefficient (Wildman–Crippen LogP) is 3.18. The van der Waals surface area contributed by atoms with E-state index in [0.717, 1.165) is 48.1 Å². The monoisotopic (exact) mass is 562 g/mol. The Morgan fingerprint density at radius 1 is 1.25 bits per heavy atom. The molecule has 1 aliphatic carbocycles. The first-order valence-corrected chi connectivity index (χ1v) is 13.4. The van der Waals surface area contributed by atoms with Gasteiger partial charge >= 0.3 is 11.9 Å². The molecule has 0 amide bonds. The maximum Gasteiger partial charge on any atom is 0.344 e. The van der Waals surface area contributed by atoms with Crippen LogP contribution in [0.1, 0.15) is 45.1 Å². The number of anilines is 1. The summed E-state index contributed by atoms with van der Waals surface area (Å²) in [6.45, 7) is 5.03. The predicted molar refractivity (Wildman–Crippen MR) is 138 cm³/mol. The van der Waals surface area contributed by atoms with E-state index in [1.165, 1.54) is 14.0 Å². The van der Waals surface area contributed by atoms with Crippen molar-refractivity contribution in [2.45, 2.75) is 68.7 Å². The zero-order valence-electron chi connectivity index (χ0n) is 21.5. The number of fused-ring (bicyclic) bond motifs is 1. The van der Waals surface area contributed by atoms with E-state index in [9.17, 15) is 14.7 Å². The molecule has 2 fully saturated rings. The Bertz CT molecular complexity index is 1130. The van der Waals surface area contributed by atoms with Crippen molar-refractivity contribution in [2.75, 3.05) is 39.3 Å². The summed E-state index contributed by atoms with van der Waals surface area (Å²) in [5.41, 5.74) is -1.51. The zero-order chi connectivity index (χ0) is 26.0. The fourth-order valence-corrected chi connectivity index (χ4v) is 8.56. The minimum Gasteiger partial charge on any atom is -0.495 e. The number of ether oxygens (including phenoxy) is 3. The molecule has 0 radical (unpaired) electrons. The van der Waals surface area contributed by atoms with Crippen LogP contribution < -0.4 is 9.64 Å². The Hall–Kier alpha value is -2.10. The van der Waals surface area contributed by atoms with Crippen molar-refractivity contribution >= 4 is 33.6 Å². The van der Waals surface area contributed by atoms with Gasteiger partial charge < -0.3 is 24.2 Å². The van der Waals surface area contributed by atoms with Gasteiger partial charge in [-0.2, -0.15) is 0 Å². The van der Waals surface area contributed by atoms with Gasteiger partial charge in [0.15, 0.2) is 6.10 Å². The van der Waals surface area contributed by atoms with Gasteiger partial charge in [-0.05, 0) is 46.9 Å². The summed E-state index contributed by atoms with van der Waals surface area (Å²) < 4.78 is 17.7. The van der Waals surface area contributed by atoms with Crippen molar-refractivity contribution in [2.24, 2.45) is 5.41 Å². The normalized spacial score (nSPS) is 36.2. The number of rotatable bonds is 6. The van der Waals surface area contributed by atoms with E-state index < -0.39 is 40.5 Å². The van der Waals surface area contributed by atoms with E-state index in [2.05, 4.69) is 46.0 Å². The number of esters is 2. The highest BCUT2D eigenvalue weighted by molar-refractivity contribution is 9.10. The molecule has 36 heavy (non-hydrogen) atoms. The lowest BCUT2D eigenvalue weighted by molar-refractivity contribution is -0.229. The Kier molecular flexibility index (Phi) is 6.20. The van der Waals surface area contributed by atoms with E-state index in [1.54, 1.807) is 7.11 Å². The second kappa shape index (κ2) is 8.74. The fraction of sp³-hybridized carbons (Fsp3) is 0.630. The smallest absolute Gasteiger partial charge is 0.344 e. The number of carbonyl (C=O) groups excluding carboxylic acids is 2. The van der Waals surface area contributed by atoms with Gasteiger partial charge in [-0.3, -0.25) is 9.69 Å². The molecule has 1 spiro atoms. The van der Waals surface area contributed by atoms with E-state index in [1.807, 2.05) is 18.0 Å². The summed E-state index contributed by atoms with van der Waals surface area (Å²) in [7, 11) is 4.79. The number of hydrogen-bond acceptors (Lipinski definition) is 8. The average molecular weight is 563 g/mol. The van der Waals surface area contributed by atoms with Crippen molar-refractivity contribution in [3.63, 3.8) is 0 Å². The second-order valence-electron chi connectivity index (χ2n) is 10.6. The third-order valence-electron chi connectivity index (χ3n) is 9.03. The SMILES string of the molecule is CCCC[C@]12C=CCN3CC[C@]4(c5cc(Br)c(OC)cc5N(C)[C@@H]4[C@](O)(C(=O)OC)[C@H]1OC(C)=O)[C@H]32. The Morgan fingerprint density at radius 3 is 2.64 bits per heavy atom. The van der Waals surface area contributed by atoms with Gasteiger partial charge in [-0.15, -0.1) is 0 Å². The summed E-state index contributed by atoms with van der Waals surface area (Å²) in [6, 6.07) is 3.26. The lowest BCUT2D eigenvalue weighted by Gasteiger charge is -2.63. The van der Waals surface area contributed by atoms with Crippen LogP contribution in [0.5, 0.6) is 5.75 Å². The molecule has 3 heterocycles. The number of aliphatic hydroxyl groups is 1. The molecule has 8 nitrogen and oxygen atoms in total. The Labute approximate surface area is 220 Å². The molecular formula is C27H35BrN2O6. The number of halogens is 1. The van der Waals surface area contributed by atoms with Crippen LogP contribution in [0.25, 0.3) is 0 Å². The van der Waals surface area contributed by atoms with Gasteiger partial charge in [0.25, 0.3) is 0 Å². The minimum atomic E-state index is -2.10. The first-order chi connectivity index (χ1) is 17.1. The van der Waals surface area contributed by atoms with E-state index in [4.69, 9.17) is 14.2 Å². The number of hydrogen-bond donors (Lipinski definition) is 1. The number of carbonyl (C=O) groups is 2. The van der Waals surface area contributed by atoms with E-state index in [0.29, 0.717) is 12.2 Å². The highest BCUT2D eigenvalue weighted by atomic mass is 79.9. The number of unbranched alkanes of at least 4 members (excludes halogenated alkanes) is 1. The molecule has 196 valence electrons. The maximum atomic E-state index is 13.7. The van der Waals surface area contributed by atoms with Gasteiger partial charge in [-0.25, -0.2) is 4.79 Å². The van der Waals surface area contributed by atoms with Crippen molar-refractivity contribution in [3.05, 3.63) is 34.3 Å². The van der Waals surface area contributed by atoms with E-state index in [-0.39, 0.29) is 6.04 Å². The minimum absolute atomic E-state index is 0.0789. The molecule has 6 atom stereocenters. The number of benzene rings is 1. The number of likely N-dealkylation sites (N-methyl/N-ethyl adjacent to an activating group) is 1. The molecule has 5 rings (SSSR count). The number of methoxy groups -OCH3 is 2. The maximum absolute atomic E-state index is 13.7. The summed E-state index contributed by atoms with van der Waals surface area (Å²) in [4.78, 5) is 30.7. The molecule has 1 aromatic rings. The lowest BCUT2D eigenvalue weighted by Crippen LogP contribution is -2.81. The molecule has 1 saturated heterocycles. The van der Waals surface area contributed by atoms with Crippen molar-refractivity contribution in [1.82, 2.24) is 4.90 Å². The summed E-state index contributed by atoms with van der Waals surface area (Å²) in [5.74, 6) is -0.642. The molecule has 0 unspecified atom stereocenters. The van der Waals surface area contributed by atoms with E-state index >= 15 is 0 Å². The van der Waals surface area contributed by atoms with Crippen LogP contribution in [0.2, 0.25) is 0 Å². The van der Waals surface area contributed by atoms with Gasteiger partial charge in [0.05, 0.1) is 24.7 Å². The van der Waals surface area contributed by atoms with Crippen LogP contribution in [-0.4, -0.2) is 80.1 Å². The van der Waals surface area contributed by atoms with Gasteiger partial charge in [0.2, 0.25) is 5.60 Å². The van der Waals surface area contributed by atoms with Gasteiger partial charge in [0.1, 0.15) is 5.75 Å². The molecule has 3 aliphatic heterocycles. The topological polar surface area (TPSA) is 88.5 Å². The highest BCUT2D eigenvalue weighted by Crippen LogP contribution is 2.68. The van der Waals surface area contributed by atoms with Crippen LogP contribution >= 0.6 is 15.9 Å². The summed E-state index contributed by atoms with van der Waals surface area (Å²) in [6.07, 6.45) is 6.32. The third kappa shape index (κ3) is 3.05. The van der Waals surface area contributed by atoms with Crippen LogP contribution in [0.4, 0.5) is 5.69 Å². The van der Waals surface area contributed by atoms with Crippen LogP contribution in [0.3, 0.4) is 0 Å². The third-order valence-corrected chi connectivity index (χ3v) is 9.65. The average Bonchev–Trinajstić information content (AvgIpc) is 3.36. The standard InChI is InChI=1S/C27H35BrN2O6/c1-6-7-9-25-10-8-12-30-13-11-26(21(25)30)17-14-18(28)20(34-4)15-19(17)29(3)22(26)27(33,24(32)35-5)23(25)36-16(2)31/h8,10,14-15,21-23,33H,6-7,9,11-13H2,1-5H3/t21-,22+,23+,25-,26+,27-/m1/s1. The Morgan fingerprint density at radius 2 is 2.00 bits per heavy atom. The van der Waals surface area contributed by atoms with Crippen LogP contribution in [-0.2, 0) is 24.5 Å². The van der Waals surface area contributed by atoms with Crippen molar-refractivity contribution in [3.8, 4) is 5.75 Å². The second-order valence-corrected chi connectivity index (χ2v) is 11.5. The van der Waals surface area contributed by atoms with Crippen LogP contribution in [0, 0.1) is 5.41 Å². The molecule has 1 saturated carbocycles. The molecule has 9 heteroatoms. The molecule has 4 aliphatic rings. The molecule has 1 aromatic carbocycles. The lowest BCUT2D eigenvalue weighted by atomic mass is 9.47. The first kappa shape index (κ1) is 25.5. The number of nitrogens with zero attached hydrogens (tertiary/aromatic N) is 2. The quantitative estimate of drug-likeness (QED) is 0.417. The largest absolute Gasteiger partial charge is 0.495 e. The molecular weight excluding hydrogens is 528 g/mol. The fourth-order valence-electron chi connectivity index (χ4n) is 8.05. The molecule has 0 aromatic heterocycles. The van der Waals surface area contributed by atoms with Crippen molar-refractivity contribution < 1.29 is 28.9 Å².